The van der Waals surface area contributed by atoms with Gasteiger partial charge in [0.1, 0.15) is 5.82 Å². The molecule has 0 aliphatic rings. The van der Waals surface area contributed by atoms with Crippen molar-refractivity contribution in [3.8, 4) is 0 Å². The molecule has 2 rings (SSSR count). The van der Waals surface area contributed by atoms with Gasteiger partial charge < -0.3 is 10.4 Å². The molecular formula is C18H25FN4O2. The van der Waals surface area contributed by atoms with E-state index >= 15 is 0 Å². The van der Waals surface area contributed by atoms with Gasteiger partial charge in [-0.15, -0.1) is 5.10 Å². The molecule has 0 saturated carbocycles. The third-order valence-corrected chi connectivity index (χ3v) is 3.89. The van der Waals surface area contributed by atoms with Gasteiger partial charge in [-0.2, -0.15) is 0 Å². The van der Waals surface area contributed by atoms with E-state index in [2.05, 4.69) is 29.5 Å². The molecule has 0 spiro atoms. The fraction of sp³-hybridized carbons (Fsp3) is 0.500. The van der Waals surface area contributed by atoms with Crippen LogP contribution in [-0.4, -0.2) is 38.2 Å². The van der Waals surface area contributed by atoms with E-state index in [1.807, 2.05) is 0 Å². The lowest BCUT2D eigenvalue weighted by Crippen LogP contribution is -2.40. The van der Waals surface area contributed by atoms with Gasteiger partial charge in [-0.1, -0.05) is 31.2 Å². The Balaban J connectivity index is 1.89. The van der Waals surface area contributed by atoms with Gasteiger partial charge in [-0.3, -0.25) is 4.79 Å². The highest BCUT2D eigenvalue weighted by Crippen LogP contribution is 2.15. The number of nitrogens with one attached hydrogen (secondary N) is 1. The number of nitrogens with zero attached hydrogens (tertiary/aromatic N) is 3. The Labute approximate surface area is 147 Å². The van der Waals surface area contributed by atoms with Crippen LogP contribution in [0.15, 0.2) is 30.5 Å². The highest BCUT2D eigenvalue weighted by Gasteiger charge is 2.22. The summed E-state index contributed by atoms with van der Waals surface area (Å²) in [7, 11) is 0. The molecule has 6 nitrogen and oxygen atoms in total. The summed E-state index contributed by atoms with van der Waals surface area (Å²) >= 11 is 0. The number of hydrogen-bond donors (Lipinski definition) is 2. The maximum absolute atomic E-state index is 13.2. The van der Waals surface area contributed by atoms with Gasteiger partial charge in [0.15, 0.2) is 5.69 Å². The van der Waals surface area contributed by atoms with Gasteiger partial charge >= 0.3 is 0 Å². The minimum Gasteiger partial charge on any atom is -0.388 e. The van der Waals surface area contributed by atoms with E-state index < -0.39 is 11.5 Å². The third kappa shape index (κ3) is 6.26. The summed E-state index contributed by atoms with van der Waals surface area (Å²) in [5.74, 6) is -0.223. The van der Waals surface area contributed by atoms with Gasteiger partial charge in [0.25, 0.3) is 5.91 Å². The Morgan fingerprint density at radius 3 is 2.88 bits per heavy atom. The van der Waals surface area contributed by atoms with Gasteiger partial charge in [0.05, 0.1) is 18.3 Å². The molecule has 1 aromatic carbocycles. The predicted molar refractivity (Wildman–Crippen MR) is 92.6 cm³/mol. The van der Waals surface area contributed by atoms with Gasteiger partial charge in [0.2, 0.25) is 0 Å². The van der Waals surface area contributed by atoms with Crippen LogP contribution >= 0.6 is 0 Å². The highest BCUT2D eigenvalue weighted by atomic mass is 19.1. The minimum absolute atomic E-state index is 0.148. The maximum atomic E-state index is 13.2. The van der Waals surface area contributed by atoms with Crippen molar-refractivity contribution in [3.63, 3.8) is 0 Å². The quantitative estimate of drug-likeness (QED) is 0.768. The van der Waals surface area contributed by atoms with Crippen LogP contribution in [0.3, 0.4) is 0 Å². The first-order valence-electron chi connectivity index (χ1n) is 8.40. The van der Waals surface area contributed by atoms with E-state index in [1.54, 1.807) is 19.1 Å². The summed E-state index contributed by atoms with van der Waals surface area (Å²) in [6.07, 6.45) is 2.99. The van der Waals surface area contributed by atoms with Crippen LogP contribution in [0.5, 0.6) is 0 Å². The SMILES string of the molecule is CC(C)CCC(C)(O)CNC(=O)c1cn(Cc2cccc(F)c2)nn1. The number of halogens is 1. The van der Waals surface area contributed by atoms with E-state index in [-0.39, 0.29) is 18.1 Å². The van der Waals surface area contributed by atoms with Crippen molar-refractivity contribution >= 4 is 5.91 Å². The van der Waals surface area contributed by atoms with E-state index in [1.165, 1.54) is 23.0 Å². The van der Waals surface area contributed by atoms with Crippen LogP contribution in [-0.2, 0) is 6.54 Å². The lowest BCUT2D eigenvalue weighted by molar-refractivity contribution is 0.0428. The molecule has 0 fully saturated rings. The maximum Gasteiger partial charge on any atom is 0.273 e. The van der Waals surface area contributed by atoms with Crippen LogP contribution in [0.25, 0.3) is 0 Å². The number of aliphatic hydroxyl groups is 1. The number of rotatable bonds is 8. The lowest BCUT2D eigenvalue weighted by Gasteiger charge is -2.24. The number of benzene rings is 1. The van der Waals surface area contributed by atoms with Gasteiger partial charge in [-0.25, -0.2) is 9.07 Å². The van der Waals surface area contributed by atoms with Crippen LogP contribution in [0.1, 0.15) is 49.7 Å². The topological polar surface area (TPSA) is 80.0 Å². The third-order valence-electron chi connectivity index (χ3n) is 3.89. The summed E-state index contributed by atoms with van der Waals surface area (Å²) in [6.45, 7) is 6.35. The zero-order chi connectivity index (χ0) is 18.4. The number of hydrogen-bond acceptors (Lipinski definition) is 4. The summed E-state index contributed by atoms with van der Waals surface area (Å²) in [4.78, 5) is 12.2. The normalized spacial score (nSPS) is 13.7. The fourth-order valence-electron chi connectivity index (χ4n) is 2.35. The van der Waals surface area contributed by atoms with E-state index in [4.69, 9.17) is 0 Å². The van der Waals surface area contributed by atoms with E-state index in [0.29, 0.717) is 18.9 Å². The molecule has 1 aromatic heterocycles. The van der Waals surface area contributed by atoms with Crippen LogP contribution in [0, 0.1) is 11.7 Å². The second-order valence-corrected chi connectivity index (χ2v) is 7.04. The summed E-state index contributed by atoms with van der Waals surface area (Å²) in [6, 6.07) is 6.17. The molecule has 1 unspecified atom stereocenters. The standard InChI is InChI=1S/C18H25FN4O2/c1-13(2)7-8-18(3,25)12-20-17(24)16-11-23(22-21-16)10-14-5-4-6-15(19)9-14/h4-6,9,11,13,25H,7-8,10,12H2,1-3H3,(H,20,24). The molecule has 0 aliphatic heterocycles. The Hall–Kier alpha value is -2.28. The Kier molecular flexibility index (Phi) is 6.25. The minimum atomic E-state index is -0.961. The molecule has 1 heterocycles. The average Bonchev–Trinajstić information content (AvgIpc) is 2.99. The first-order chi connectivity index (χ1) is 11.7. The number of aromatic nitrogens is 3. The molecule has 136 valence electrons. The first-order valence-corrected chi connectivity index (χ1v) is 8.40. The zero-order valence-corrected chi connectivity index (χ0v) is 14.9. The van der Waals surface area contributed by atoms with Crippen molar-refractivity contribution in [2.24, 2.45) is 5.92 Å². The summed E-state index contributed by atoms with van der Waals surface area (Å²) in [5, 5.41) is 20.7. The molecule has 0 aliphatic carbocycles. The Morgan fingerprint density at radius 1 is 1.44 bits per heavy atom. The van der Waals surface area contributed by atoms with Crippen LogP contribution < -0.4 is 5.32 Å². The van der Waals surface area contributed by atoms with Crippen molar-refractivity contribution in [1.29, 1.82) is 0 Å². The first kappa shape index (κ1) is 19.1. The highest BCUT2D eigenvalue weighted by molar-refractivity contribution is 5.91. The second kappa shape index (κ2) is 8.20. The molecule has 2 aromatic rings. The monoisotopic (exact) mass is 348 g/mol. The summed E-state index contributed by atoms with van der Waals surface area (Å²) < 4.78 is 14.7. The van der Waals surface area contributed by atoms with Crippen molar-refractivity contribution < 1.29 is 14.3 Å². The Morgan fingerprint density at radius 2 is 2.20 bits per heavy atom. The lowest BCUT2D eigenvalue weighted by atomic mass is 9.95. The number of amides is 1. The summed E-state index contributed by atoms with van der Waals surface area (Å²) in [5.41, 5.74) is -0.0677. The van der Waals surface area contributed by atoms with Crippen molar-refractivity contribution in [2.45, 2.75) is 45.8 Å². The predicted octanol–water partition coefficient (Wildman–Crippen LogP) is 2.38. The zero-order valence-electron chi connectivity index (χ0n) is 14.9. The van der Waals surface area contributed by atoms with Crippen molar-refractivity contribution in [3.05, 3.63) is 47.5 Å². The molecule has 1 amide bonds. The van der Waals surface area contributed by atoms with E-state index in [0.717, 1.165) is 12.0 Å². The smallest absolute Gasteiger partial charge is 0.273 e. The van der Waals surface area contributed by atoms with Crippen LogP contribution in [0.2, 0.25) is 0 Å². The fourth-order valence-corrected chi connectivity index (χ4v) is 2.35. The molecule has 25 heavy (non-hydrogen) atoms. The second-order valence-electron chi connectivity index (χ2n) is 7.04. The molecule has 0 radical (unpaired) electrons. The van der Waals surface area contributed by atoms with Crippen molar-refractivity contribution in [1.82, 2.24) is 20.3 Å². The molecule has 0 saturated heterocycles. The molecule has 0 bridgehead atoms. The Bertz CT molecular complexity index is 713. The number of carbonyl (C=O) groups excluding carboxylic acids is 1. The largest absolute Gasteiger partial charge is 0.388 e. The van der Waals surface area contributed by atoms with Gasteiger partial charge in [-0.05, 0) is 43.4 Å². The van der Waals surface area contributed by atoms with Crippen LogP contribution in [0.4, 0.5) is 4.39 Å². The van der Waals surface area contributed by atoms with Gasteiger partial charge in [0, 0.05) is 6.54 Å². The van der Waals surface area contributed by atoms with Crippen molar-refractivity contribution in [2.75, 3.05) is 6.54 Å². The molecule has 7 heteroatoms. The average molecular weight is 348 g/mol. The number of carbonyl (C=O) groups is 1. The molecule has 2 N–H and O–H groups in total. The molecule has 1 atom stereocenters. The molecular weight excluding hydrogens is 323 g/mol. The van der Waals surface area contributed by atoms with E-state index in [9.17, 15) is 14.3 Å².